The molecule has 21 heavy (non-hydrogen) atoms. The first kappa shape index (κ1) is 15.4. The average molecular weight is 290 g/mol. The molecule has 0 spiro atoms. The molecular formula is C16H22N2O3. The van der Waals surface area contributed by atoms with Gasteiger partial charge in [-0.05, 0) is 24.5 Å². The fourth-order valence-corrected chi connectivity index (χ4v) is 2.66. The quantitative estimate of drug-likeness (QED) is 0.818. The van der Waals surface area contributed by atoms with Crippen LogP contribution in [0.1, 0.15) is 32.1 Å². The molecule has 0 radical (unpaired) electrons. The van der Waals surface area contributed by atoms with E-state index in [-0.39, 0.29) is 0 Å². The minimum Gasteiger partial charge on any atom is -0.497 e. The van der Waals surface area contributed by atoms with E-state index >= 15 is 0 Å². The molecule has 1 fully saturated rings. The summed E-state index contributed by atoms with van der Waals surface area (Å²) in [6.07, 6.45) is 6.01. The second-order valence-electron chi connectivity index (χ2n) is 5.38. The van der Waals surface area contributed by atoms with Crippen molar-refractivity contribution in [1.82, 2.24) is 5.32 Å². The van der Waals surface area contributed by atoms with Gasteiger partial charge in [-0.3, -0.25) is 9.59 Å². The highest BCUT2D eigenvalue weighted by molar-refractivity contribution is 6.39. The maximum atomic E-state index is 11.8. The number of ether oxygens (including phenoxy) is 1. The summed E-state index contributed by atoms with van der Waals surface area (Å²) in [5.74, 6) is 0.103. The first-order chi connectivity index (χ1) is 10.2. The van der Waals surface area contributed by atoms with Gasteiger partial charge >= 0.3 is 11.8 Å². The van der Waals surface area contributed by atoms with Crippen molar-refractivity contribution < 1.29 is 14.3 Å². The monoisotopic (exact) mass is 290 g/mol. The number of anilines is 1. The van der Waals surface area contributed by atoms with Gasteiger partial charge in [0.25, 0.3) is 0 Å². The van der Waals surface area contributed by atoms with E-state index in [0.717, 1.165) is 6.42 Å². The van der Waals surface area contributed by atoms with E-state index in [4.69, 9.17) is 4.74 Å². The van der Waals surface area contributed by atoms with Crippen LogP contribution in [0.15, 0.2) is 24.3 Å². The molecule has 2 amide bonds. The third kappa shape index (κ3) is 4.77. The van der Waals surface area contributed by atoms with Gasteiger partial charge in [-0.1, -0.05) is 31.7 Å². The molecule has 1 aliphatic rings. The predicted octanol–water partition coefficient (Wildman–Crippen LogP) is 2.33. The lowest BCUT2D eigenvalue weighted by Gasteiger charge is -2.10. The van der Waals surface area contributed by atoms with Gasteiger partial charge < -0.3 is 15.4 Å². The van der Waals surface area contributed by atoms with E-state index in [2.05, 4.69) is 10.6 Å². The number of rotatable bonds is 5. The first-order valence-electron chi connectivity index (χ1n) is 7.42. The lowest BCUT2D eigenvalue weighted by molar-refractivity contribution is -0.136. The van der Waals surface area contributed by atoms with Gasteiger partial charge in [-0.2, -0.15) is 0 Å². The molecule has 0 heterocycles. The smallest absolute Gasteiger partial charge is 0.313 e. The first-order valence-corrected chi connectivity index (χ1v) is 7.42. The summed E-state index contributed by atoms with van der Waals surface area (Å²) in [7, 11) is 1.55. The highest BCUT2D eigenvalue weighted by Crippen LogP contribution is 2.26. The van der Waals surface area contributed by atoms with Crippen molar-refractivity contribution in [3.8, 4) is 5.75 Å². The van der Waals surface area contributed by atoms with Gasteiger partial charge in [-0.25, -0.2) is 0 Å². The molecule has 5 heteroatoms. The normalized spacial score (nSPS) is 14.7. The minimum atomic E-state index is -0.644. The molecule has 114 valence electrons. The Hall–Kier alpha value is -2.04. The van der Waals surface area contributed by atoms with Gasteiger partial charge in [-0.15, -0.1) is 0 Å². The van der Waals surface area contributed by atoms with Crippen LogP contribution >= 0.6 is 0 Å². The summed E-state index contributed by atoms with van der Waals surface area (Å²) in [5.41, 5.74) is 0.547. The minimum absolute atomic E-state index is 0.547. The van der Waals surface area contributed by atoms with Crippen molar-refractivity contribution in [2.45, 2.75) is 32.1 Å². The van der Waals surface area contributed by atoms with Crippen molar-refractivity contribution in [3.05, 3.63) is 24.3 Å². The molecule has 1 aromatic rings. The van der Waals surface area contributed by atoms with Crippen molar-refractivity contribution in [3.63, 3.8) is 0 Å². The fourth-order valence-electron chi connectivity index (χ4n) is 2.66. The molecular weight excluding hydrogens is 268 g/mol. The van der Waals surface area contributed by atoms with Crippen LogP contribution in [0.25, 0.3) is 0 Å². The molecule has 0 saturated heterocycles. The molecule has 0 aliphatic heterocycles. The summed E-state index contributed by atoms with van der Waals surface area (Å²) >= 11 is 0. The van der Waals surface area contributed by atoms with Gasteiger partial charge in [0.2, 0.25) is 0 Å². The van der Waals surface area contributed by atoms with Crippen LogP contribution in [0.3, 0.4) is 0 Å². The van der Waals surface area contributed by atoms with E-state index in [0.29, 0.717) is 23.9 Å². The summed E-state index contributed by atoms with van der Waals surface area (Å²) in [6.45, 7) is 0.565. The highest BCUT2D eigenvalue weighted by atomic mass is 16.5. The molecule has 1 aromatic carbocycles. The third-order valence-corrected chi connectivity index (χ3v) is 3.85. The summed E-state index contributed by atoms with van der Waals surface area (Å²) in [5, 5.41) is 5.24. The second kappa shape index (κ2) is 7.67. The van der Waals surface area contributed by atoms with E-state index in [9.17, 15) is 9.59 Å². The molecule has 5 nitrogen and oxygen atoms in total. The summed E-state index contributed by atoms with van der Waals surface area (Å²) in [4.78, 5) is 23.5. The van der Waals surface area contributed by atoms with E-state index in [1.165, 1.54) is 25.7 Å². The van der Waals surface area contributed by atoms with Crippen LogP contribution in [-0.2, 0) is 9.59 Å². The maximum absolute atomic E-state index is 11.8. The SMILES string of the molecule is COc1cccc(NC(=O)C(=O)NCCC2CCCC2)c1. The molecule has 2 rings (SSSR count). The lowest BCUT2D eigenvalue weighted by atomic mass is 10.0. The molecule has 0 unspecified atom stereocenters. The van der Waals surface area contributed by atoms with Crippen LogP contribution in [-0.4, -0.2) is 25.5 Å². The maximum Gasteiger partial charge on any atom is 0.313 e. The van der Waals surface area contributed by atoms with Gasteiger partial charge in [0.05, 0.1) is 7.11 Å². The molecule has 1 aliphatic carbocycles. The highest BCUT2D eigenvalue weighted by Gasteiger charge is 2.17. The standard InChI is InChI=1S/C16H22N2O3/c1-21-14-8-4-7-13(11-14)18-16(20)15(19)17-10-9-12-5-2-3-6-12/h4,7-8,11-12H,2-3,5-6,9-10H2,1H3,(H,17,19)(H,18,20). The van der Waals surface area contributed by atoms with Crippen LogP contribution < -0.4 is 15.4 Å². The Kier molecular flexibility index (Phi) is 5.60. The van der Waals surface area contributed by atoms with Crippen LogP contribution in [0.5, 0.6) is 5.75 Å². The topological polar surface area (TPSA) is 67.4 Å². The van der Waals surface area contributed by atoms with Crippen LogP contribution in [0, 0.1) is 5.92 Å². The number of carbonyl (C=O) groups excluding carboxylic acids is 2. The molecule has 1 saturated carbocycles. The van der Waals surface area contributed by atoms with Gasteiger partial charge in [0.15, 0.2) is 0 Å². The molecule has 0 aromatic heterocycles. The largest absolute Gasteiger partial charge is 0.497 e. The summed E-state index contributed by atoms with van der Waals surface area (Å²) < 4.78 is 5.07. The Balaban J connectivity index is 1.74. The number of benzene rings is 1. The Bertz CT molecular complexity index is 496. The predicted molar refractivity (Wildman–Crippen MR) is 81.2 cm³/mol. The summed E-state index contributed by atoms with van der Waals surface area (Å²) in [6, 6.07) is 6.92. The zero-order valence-electron chi connectivity index (χ0n) is 12.4. The molecule has 2 N–H and O–H groups in total. The van der Waals surface area contributed by atoms with Crippen molar-refractivity contribution in [1.29, 1.82) is 0 Å². The number of carbonyl (C=O) groups is 2. The van der Waals surface area contributed by atoms with E-state index in [1.807, 2.05) is 0 Å². The van der Waals surface area contributed by atoms with Crippen molar-refractivity contribution in [2.75, 3.05) is 19.0 Å². The van der Waals surface area contributed by atoms with Crippen molar-refractivity contribution in [2.24, 2.45) is 5.92 Å². The average Bonchev–Trinajstić information content (AvgIpc) is 3.00. The Morgan fingerprint density at radius 1 is 1.24 bits per heavy atom. The van der Waals surface area contributed by atoms with Crippen LogP contribution in [0.4, 0.5) is 5.69 Å². The lowest BCUT2D eigenvalue weighted by Crippen LogP contribution is -2.36. The van der Waals surface area contributed by atoms with E-state index < -0.39 is 11.8 Å². The van der Waals surface area contributed by atoms with E-state index in [1.54, 1.807) is 31.4 Å². The Labute approximate surface area is 125 Å². The number of nitrogens with one attached hydrogen (secondary N) is 2. The van der Waals surface area contributed by atoms with Crippen LogP contribution in [0.2, 0.25) is 0 Å². The number of hydrogen-bond donors (Lipinski definition) is 2. The zero-order chi connectivity index (χ0) is 15.1. The number of methoxy groups -OCH3 is 1. The second-order valence-corrected chi connectivity index (χ2v) is 5.38. The fraction of sp³-hybridized carbons (Fsp3) is 0.500. The molecule has 0 bridgehead atoms. The number of hydrogen-bond acceptors (Lipinski definition) is 3. The Morgan fingerprint density at radius 3 is 2.71 bits per heavy atom. The third-order valence-electron chi connectivity index (χ3n) is 3.85. The van der Waals surface area contributed by atoms with Gasteiger partial charge in [0, 0.05) is 18.3 Å². The van der Waals surface area contributed by atoms with Gasteiger partial charge in [0.1, 0.15) is 5.75 Å². The Morgan fingerprint density at radius 2 is 2.00 bits per heavy atom. The van der Waals surface area contributed by atoms with Crippen molar-refractivity contribution >= 4 is 17.5 Å². The zero-order valence-corrected chi connectivity index (χ0v) is 12.4. The molecule has 0 atom stereocenters. The number of amides is 2.